The number of amides is 2. The van der Waals surface area contributed by atoms with E-state index < -0.39 is 5.54 Å². The highest BCUT2D eigenvalue weighted by molar-refractivity contribution is 5.93. The molecule has 1 fully saturated rings. The summed E-state index contributed by atoms with van der Waals surface area (Å²) >= 11 is 0. The van der Waals surface area contributed by atoms with E-state index in [-0.39, 0.29) is 17.9 Å². The maximum atomic E-state index is 12.9. The van der Waals surface area contributed by atoms with Crippen LogP contribution in [0.5, 0.6) is 0 Å². The highest BCUT2D eigenvalue weighted by Crippen LogP contribution is 2.34. The molecule has 188 valence electrons. The van der Waals surface area contributed by atoms with Gasteiger partial charge in [-0.05, 0) is 62.6 Å². The average molecular weight is 485 g/mol. The number of nitrogens with zero attached hydrogens (tertiary/aromatic N) is 1. The van der Waals surface area contributed by atoms with Gasteiger partial charge in [0.15, 0.2) is 0 Å². The number of anilines is 1. The number of hydrogen-bond donors (Lipinski definition) is 3. The molecule has 0 saturated heterocycles. The summed E-state index contributed by atoms with van der Waals surface area (Å²) in [5, 5.41) is 6.06. The Kier molecular flexibility index (Phi) is 7.85. The van der Waals surface area contributed by atoms with E-state index in [4.69, 9.17) is 10.7 Å². The Morgan fingerprint density at radius 1 is 0.972 bits per heavy atom. The summed E-state index contributed by atoms with van der Waals surface area (Å²) in [4.78, 5) is 28.9. The van der Waals surface area contributed by atoms with E-state index in [9.17, 15) is 9.59 Å². The maximum Gasteiger partial charge on any atom is 0.224 e. The van der Waals surface area contributed by atoms with Crippen molar-refractivity contribution in [3.05, 3.63) is 72.4 Å². The van der Waals surface area contributed by atoms with Crippen molar-refractivity contribution in [3.8, 4) is 22.4 Å². The van der Waals surface area contributed by atoms with Crippen molar-refractivity contribution in [2.45, 2.75) is 64.5 Å². The van der Waals surface area contributed by atoms with E-state index in [1.807, 2.05) is 62.4 Å². The fourth-order valence-corrected chi connectivity index (χ4v) is 4.93. The fourth-order valence-electron chi connectivity index (χ4n) is 4.93. The highest BCUT2D eigenvalue weighted by Gasteiger charge is 2.24. The second-order valence-electron chi connectivity index (χ2n) is 10.5. The number of rotatable bonds is 7. The number of nitrogens with one attached hydrogen (secondary N) is 2. The van der Waals surface area contributed by atoms with Crippen LogP contribution < -0.4 is 16.4 Å². The van der Waals surface area contributed by atoms with Crippen molar-refractivity contribution < 1.29 is 9.59 Å². The molecule has 1 heterocycles. The Morgan fingerprint density at radius 3 is 2.25 bits per heavy atom. The number of carbonyl (C=O) groups excluding carboxylic acids is 2. The molecule has 6 heteroatoms. The summed E-state index contributed by atoms with van der Waals surface area (Å²) in [7, 11) is 0. The Labute approximate surface area is 213 Å². The van der Waals surface area contributed by atoms with Crippen LogP contribution in [0.4, 0.5) is 5.69 Å². The van der Waals surface area contributed by atoms with Crippen LogP contribution in [-0.2, 0) is 15.1 Å². The van der Waals surface area contributed by atoms with Crippen LogP contribution in [0, 0.1) is 5.92 Å². The first kappa shape index (κ1) is 25.6. The van der Waals surface area contributed by atoms with Crippen molar-refractivity contribution in [1.82, 2.24) is 10.3 Å². The zero-order chi connectivity index (χ0) is 25.7. The maximum absolute atomic E-state index is 12.9. The van der Waals surface area contributed by atoms with Crippen molar-refractivity contribution in [2.24, 2.45) is 11.7 Å². The molecule has 4 rings (SSSR count). The molecule has 1 saturated carbocycles. The minimum absolute atomic E-state index is 0.000990. The van der Waals surface area contributed by atoms with E-state index in [1.165, 1.54) is 0 Å². The molecule has 1 aromatic heterocycles. The minimum atomic E-state index is -0.411. The molecule has 1 aliphatic carbocycles. The second-order valence-corrected chi connectivity index (χ2v) is 10.5. The summed E-state index contributed by atoms with van der Waals surface area (Å²) in [5.41, 5.74) is 11.4. The number of carbonyl (C=O) groups is 2. The highest BCUT2D eigenvalue weighted by atomic mass is 16.2. The molecule has 3 aromatic rings. The van der Waals surface area contributed by atoms with Gasteiger partial charge in [0.2, 0.25) is 11.8 Å². The third-order valence-corrected chi connectivity index (χ3v) is 6.89. The quantitative estimate of drug-likeness (QED) is 0.405. The fraction of sp³-hybridized carbons (Fsp3) is 0.367. The van der Waals surface area contributed by atoms with Gasteiger partial charge in [-0.15, -0.1) is 0 Å². The van der Waals surface area contributed by atoms with Crippen LogP contribution in [0.3, 0.4) is 0 Å². The summed E-state index contributed by atoms with van der Waals surface area (Å²) in [5.74, 6) is 0.350. The zero-order valence-corrected chi connectivity index (χ0v) is 21.4. The Morgan fingerprint density at radius 2 is 1.64 bits per heavy atom. The van der Waals surface area contributed by atoms with Gasteiger partial charge in [-0.2, -0.15) is 0 Å². The van der Waals surface area contributed by atoms with Gasteiger partial charge in [0.25, 0.3) is 0 Å². The molecule has 36 heavy (non-hydrogen) atoms. The summed E-state index contributed by atoms with van der Waals surface area (Å²) in [6, 6.07) is 20.5. The van der Waals surface area contributed by atoms with Crippen molar-refractivity contribution in [3.63, 3.8) is 0 Å². The van der Waals surface area contributed by atoms with Gasteiger partial charge >= 0.3 is 0 Å². The molecule has 0 spiro atoms. The minimum Gasteiger partial charge on any atom is -0.354 e. The van der Waals surface area contributed by atoms with E-state index in [1.54, 1.807) is 13.1 Å². The number of pyridine rings is 1. The lowest BCUT2D eigenvalue weighted by molar-refractivity contribution is -0.120. The lowest BCUT2D eigenvalue weighted by Crippen LogP contribution is -2.36. The lowest BCUT2D eigenvalue weighted by atomic mass is 9.84. The number of benzene rings is 2. The normalized spacial score (nSPS) is 17.9. The summed E-state index contributed by atoms with van der Waals surface area (Å²) in [6.45, 7) is 5.53. The van der Waals surface area contributed by atoms with Crippen molar-refractivity contribution in [1.29, 1.82) is 0 Å². The molecule has 4 N–H and O–H groups in total. The topological polar surface area (TPSA) is 97.1 Å². The summed E-state index contributed by atoms with van der Waals surface area (Å²) in [6.07, 6.45) is 5.94. The van der Waals surface area contributed by atoms with Gasteiger partial charge in [0.1, 0.15) is 0 Å². The molecule has 0 aliphatic heterocycles. The van der Waals surface area contributed by atoms with E-state index in [2.05, 4.69) is 22.8 Å². The molecule has 1 aliphatic rings. The number of aromatic nitrogens is 1. The van der Waals surface area contributed by atoms with E-state index >= 15 is 0 Å². The van der Waals surface area contributed by atoms with Crippen molar-refractivity contribution >= 4 is 17.5 Å². The largest absolute Gasteiger partial charge is 0.354 e. The van der Waals surface area contributed by atoms with Crippen LogP contribution in [-0.4, -0.2) is 22.8 Å². The molecule has 0 atom stereocenters. The van der Waals surface area contributed by atoms with Gasteiger partial charge in [-0.1, -0.05) is 54.6 Å². The average Bonchev–Trinajstić information content (AvgIpc) is 2.85. The predicted octanol–water partition coefficient (Wildman–Crippen LogP) is 5.63. The monoisotopic (exact) mass is 484 g/mol. The summed E-state index contributed by atoms with van der Waals surface area (Å²) < 4.78 is 0. The smallest absolute Gasteiger partial charge is 0.224 e. The van der Waals surface area contributed by atoms with E-state index in [0.29, 0.717) is 18.0 Å². The van der Waals surface area contributed by atoms with Crippen LogP contribution in [0.1, 0.15) is 58.4 Å². The lowest BCUT2D eigenvalue weighted by Gasteiger charge is -2.28. The van der Waals surface area contributed by atoms with Gasteiger partial charge in [-0.25, -0.2) is 0 Å². The van der Waals surface area contributed by atoms with Crippen molar-refractivity contribution in [2.75, 3.05) is 5.32 Å². The second kappa shape index (κ2) is 11.0. The Hall–Kier alpha value is -3.51. The zero-order valence-electron chi connectivity index (χ0n) is 21.4. The first-order chi connectivity index (χ1) is 17.2. The standard InChI is InChI=1S/C30H36N4O2/c1-20(35)33-25-15-9-21(10-16-25)17-28(36)34-26-18-27(22-7-5-4-6-8-22)29(32-19-26)23-11-13-24(14-12-23)30(2,3)31/h4-8,11-14,18-19,21,25H,9-10,15-17,31H2,1-3H3,(H,33,35)(H,34,36)/t21-,25-. The molecule has 2 aromatic carbocycles. The molecule has 0 radical (unpaired) electrons. The van der Waals surface area contributed by atoms with Crippen LogP contribution in [0.15, 0.2) is 66.9 Å². The molecule has 0 bridgehead atoms. The first-order valence-electron chi connectivity index (χ1n) is 12.7. The van der Waals surface area contributed by atoms with Gasteiger partial charge in [0.05, 0.1) is 17.6 Å². The Balaban J connectivity index is 1.50. The van der Waals surface area contributed by atoms with Gasteiger partial charge in [0, 0.05) is 36.1 Å². The van der Waals surface area contributed by atoms with Gasteiger partial charge < -0.3 is 16.4 Å². The van der Waals surface area contributed by atoms with Crippen LogP contribution >= 0.6 is 0 Å². The molecule has 2 amide bonds. The van der Waals surface area contributed by atoms with Gasteiger partial charge in [-0.3, -0.25) is 14.6 Å². The van der Waals surface area contributed by atoms with E-state index in [0.717, 1.165) is 53.6 Å². The van der Waals surface area contributed by atoms with Crippen LogP contribution in [0.2, 0.25) is 0 Å². The molecule has 6 nitrogen and oxygen atoms in total. The third kappa shape index (κ3) is 6.58. The number of nitrogens with two attached hydrogens (primary N) is 1. The third-order valence-electron chi connectivity index (χ3n) is 6.89. The first-order valence-corrected chi connectivity index (χ1v) is 12.7. The Bertz CT molecular complexity index is 1190. The molecular formula is C30H36N4O2. The SMILES string of the molecule is CC(=O)N[C@H]1CC[C@H](CC(=O)Nc2cnc(-c3ccc(C(C)(C)N)cc3)c(-c3ccccc3)c2)CC1. The molecular weight excluding hydrogens is 448 g/mol. The predicted molar refractivity (Wildman–Crippen MR) is 145 cm³/mol. The van der Waals surface area contributed by atoms with Crippen LogP contribution in [0.25, 0.3) is 22.4 Å². The number of hydrogen-bond acceptors (Lipinski definition) is 4. The molecule has 0 unspecified atom stereocenters.